The second-order valence-corrected chi connectivity index (χ2v) is 6.73. The third-order valence-electron chi connectivity index (χ3n) is 3.61. The average Bonchev–Trinajstić information content (AvgIpc) is 2.90. The highest BCUT2D eigenvalue weighted by Crippen LogP contribution is 2.24. The third-order valence-corrected chi connectivity index (χ3v) is 4.69. The number of carbonyl (C=O) groups is 1. The lowest BCUT2D eigenvalue weighted by Gasteiger charge is -2.16. The van der Waals surface area contributed by atoms with Crippen molar-refractivity contribution in [2.75, 3.05) is 20.2 Å². The number of hydrogen-bond acceptors (Lipinski definition) is 3. The molecule has 3 nitrogen and oxygen atoms in total. The van der Waals surface area contributed by atoms with Gasteiger partial charge in [-0.3, -0.25) is 4.79 Å². The Morgan fingerprint density at radius 2 is 2.00 bits per heavy atom. The van der Waals surface area contributed by atoms with Gasteiger partial charge in [-0.15, -0.1) is 11.3 Å². The van der Waals surface area contributed by atoms with Crippen LogP contribution in [-0.4, -0.2) is 31.0 Å². The highest BCUT2D eigenvalue weighted by molar-refractivity contribution is 7.14. The first kappa shape index (κ1) is 17.5. The predicted molar refractivity (Wildman–Crippen MR) is 91.9 cm³/mol. The van der Waals surface area contributed by atoms with Crippen LogP contribution in [0.4, 0.5) is 4.39 Å². The Morgan fingerprint density at radius 3 is 2.65 bits per heavy atom. The molecule has 0 atom stereocenters. The maximum Gasteiger partial charge on any atom is 0.263 e. The number of ether oxygens (including phenoxy) is 1. The van der Waals surface area contributed by atoms with Gasteiger partial charge in [0.1, 0.15) is 18.2 Å². The predicted octanol–water partition coefficient (Wildman–Crippen LogP) is 4.30. The summed E-state index contributed by atoms with van der Waals surface area (Å²) in [6, 6.07) is 7.87. The number of thiophene rings is 1. The topological polar surface area (TPSA) is 29.5 Å². The molecule has 1 heterocycles. The Morgan fingerprint density at radius 1 is 1.30 bits per heavy atom. The molecule has 0 saturated heterocycles. The molecule has 0 unspecified atom stereocenters. The number of benzene rings is 1. The SMILES string of the molecule is CCCc1cc(C(=O)N(C)CCOc2ccc(F)cc2)sc1C. The number of halogens is 1. The summed E-state index contributed by atoms with van der Waals surface area (Å²) >= 11 is 1.55. The van der Waals surface area contributed by atoms with E-state index in [0.717, 1.165) is 17.7 Å². The monoisotopic (exact) mass is 335 g/mol. The van der Waals surface area contributed by atoms with E-state index >= 15 is 0 Å². The van der Waals surface area contributed by atoms with Gasteiger partial charge in [0.15, 0.2) is 0 Å². The molecule has 5 heteroatoms. The molecule has 0 aliphatic heterocycles. The summed E-state index contributed by atoms with van der Waals surface area (Å²) in [5.41, 5.74) is 1.26. The van der Waals surface area contributed by atoms with Gasteiger partial charge < -0.3 is 9.64 Å². The van der Waals surface area contributed by atoms with Crippen LogP contribution in [0.2, 0.25) is 0 Å². The van der Waals surface area contributed by atoms with E-state index in [1.54, 1.807) is 35.4 Å². The van der Waals surface area contributed by atoms with Crippen molar-refractivity contribution in [1.82, 2.24) is 4.90 Å². The maximum absolute atomic E-state index is 12.8. The van der Waals surface area contributed by atoms with E-state index in [4.69, 9.17) is 4.74 Å². The van der Waals surface area contributed by atoms with Crippen molar-refractivity contribution in [1.29, 1.82) is 0 Å². The van der Waals surface area contributed by atoms with Gasteiger partial charge in [0.2, 0.25) is 0 Å². The van der Waals surface area contributed by atoms with Crippen LogP contribution in [-0.2, 0) is 6.42 Å². The van der Waals surface area contributed by atoms with Crippen molar-refractivity contribution in [2.45, 2.75) is 26.7 Å². The highest BCUT2D eigenvalue weighted by Gasteiger charge is 2.16. The van der Waals surface area contributed by atoms with Crippen LogP contribution in [0.1, 0.15) is 33.5 Å². The molecule has 1 aromatic carbocycles. The van der Waals surface area contributed by atoms with E-state index < -0.39 is 0 Å². The zero-order chi connectivity index (χ0) is 16.8. The minimum atomic E-state index is -0.291. The Bertz CT molecular complexity index is 652. The first-order valence-corrected chi connectivity index (χ1v) is 8.56. The summed E-state index contributed by atoms with van der Waals surface area (Å²) < 4.78 is 18.3. The lowest BCUT2D eigenvalue weighted by Crippen LogP contribution is -2.30. The van der Waals surface area contributed by atoms with E-state index in [0.29, 0.717) is 18.9 Å². The molecule has 1 amide bonds. The Kier molecular flexibility index (Phi) is 6.16. The number of amides is 1. The fraction of sp³-hybridized carbons (Fsp3) is 0.389. The summed E-state index contributed by atoms with van der Waals surface area (Å²) in [6.45, 7) is 5.05. The minimum absolute atomic E-state index is 0.0168. The number of rotatable bonds is 7. The van der Waals surface area contributed by atoms with Crippen LogP contribution in [0.25, 0.3) is 0 Å². The first-order chi connectivity index (χ1) is 11.0. The van der Waals surface area contributed by atoms with Crippen LogP contribution in [0.3, 0.4) is 0 Å². The van der Waals surface area contributed by atoms with Crippen LogP contribution in [0.5, 0.6) is 5.75 Å². The van der Waals surface area contributed by atoms with E-state index in [2.05, 4.69) is 13.8 Å². The number of likely N-dealkylation sites (N-methyl/N-ethyl adjacent to an activating group) is 1. The molecule has 2 rings (SSSR count). The Balaban J connectivity index is 1.87. The molecule has 0 fully saturated rings. The lowest BCUT2D eigenvalue weighted by atomic mass is 10.1. The van der Waals surface area contributed by atoms with Gasteiger partial charge in [-0.1, -0.05) is 13.3 Å². The number of carbonyl (C=O) groups excluding carboxylic acids is 1. The van der Waals surface area contributed by atoms with Gasteiger partial charge in [-0.25, -0.2) is 4.39 Å². The summed E-state index contributed by atoms with van der Waals surface area (Å²) in [5.74, 6) is 0.327. The van der Waals surface area contributed by atoms with Crippen molar-refractivity contribution >= 4 is 17.2 Å². The van der Waals surface area contributed by atoms with Crippen LogP contribution >= 0.6 is 11.3 Å². The fourth-order valence-corrected chi connectivity index (χ4v) is 3.33. The summed E-state index contributed by atoms with van der Waals surface area (Å²) in [6.07, 6.45) is 2.08. The molecule has 0 aliphatic carbocycles. The molecular weight excluding hydrogens is 313 g/mol. The molecule has 0 saturated carbocycles. The van der Waals surface area contributed by atoms with Crippen molar-refractivity contribution < 1.29 is 13.9 Å². The molecule has 2 aromatic rings. The van der Waals surface area contributed by atoms with Crippen molar-refractivity contribution in [2.24, 2.45) is 0 Å². The third kappa shape index (κ3) is 4.79. The summed E-state index contributed by atoms with van der Waals surface area (Å²) in [5, 5.41) is 0. The zero-order valence-electron chi connectivity index (χ0n) is 13.8. The van der Waals surface area contributed by atoms with Gasteiger partial charge in [0.05, 0.1) is 11.4 Å². The molecule has 23 heavy (non-hydrogen) atoms. The lowest BCUT2D eigenvalue weighted by molar-refractivity contribution is 0.0778. The smallest absolute Gasteiger partial charge is 0.263 e. The van der Waals surface area contributed by atoms with E-state index in [-0.39, 0.29) is 11.7 Å². The van der Waals surface area contributed by atoms with E-state index in [1.165, 1.54) is 22.6 Å². The Hall–Kier alpha value is -1.88. The minimum Gasteiger partial charge on any atom is -0.492 e. The number of aryl methyl sites for hydroxylation is 2. The largest absolute Gasteiger partial charge is 0.492 e. The number of hydrogen-bond donors (Lipinski definition) is 0. The maximum atomic E-state index is 12.8. The van der Waals surface area contributed by atoms with Crippen LogP contribution in [0, 0.1) is 12.7 Å². The van der Waals surface area contributed by atoms with E-state index in [1.807, 2.05) is 6.07 Å². The molecule has 124 valence electrons. The molecule has 0 bridgehead atoms. The molecular formula is C18H22FNO2S. The Labute approximate surface area is 140 Å². The summed E-state index contributed by atoms with van der Waals surface area (Å²) in [4.78, 5) is 16.1. The van der Waals surface area contributed by atoms with E-state index in [9.17, 15) is 9.18 Å². The fourth-order valence-electron chi connectivity index (χ4n) is 2.26. The quantitative estimate of drug-likeness (QED) is 0.755. The highest BCUT2D eigenvalue weighted by atomic mass is 32.1. The van der Waals surface area contributed by atoms with Crippen LogP contribution in [0.15, 0.2) is 30.3 Å². The standard InChI is InChI=1S/C18H22FNO2S/c1-4-5-14-12-17(23-13(14)2)18(21)20(3)10-11-22-16-8-6-15(19)7-9-16/h6-9,12H,4-5,10-11H2,1-3H3. The zero-order valence-corrected chi connectivity index (χ0v) is 14.6. The van der Waals surface area contributed by atoms with Crippen molar-refractivity contribution in [3.05, 3.63) is 51.5 Å². The average molecular weight is 335 g/mol. The van der Waals surface area contributed by atoms with Gasteiger partial charge >= 0.3 is 0 Å². The van der Waals surface area contributed by atoms with Crippen molar-refractivity contribution in [3.63, 3.8) is 0 Å². The second-order valence-electron chi connectivity index (χ2n) is 5.47. The molecule has 0 radical (unpaired) electrons. The normalized spacial score (nSPS) is 10.6. The number of nitrogens with zero attached hydrogens (tertiary/aromatic N) is 1. The molecule has 0 N–H and O–H groups in total. The first-order valence-electron chi connectivity index (χ1n) is 7.74. The van der Waals surface area contributed by atoms with Gasteiger partial charge in [0, 0.05) is 11.9 Å². The molecule has 1 aromatic heterocycles. The van der Waals surface area contributed by atoms with Gasteiger partial charge in [-0.05, 0) is 49.2 Å². The van der Waals surface area contributed by atoms with Crippen molar-refractivity contribution in [3.8, 4) is 5.75 Å². The molecule has 0 aliphatic rings. The molecule has 0 spiro atoms. The summed E-state index contributed by atoms with van der Waals surface area (Å²) in [7, 11) is 1.77. The second kappa shape index (κ2) is 8.11. The van der Waals surface area contributed by atoms with Gasteiger partial charge in [0.25, 0.3) is 5.91 Å². The van der Waals surface area contributed by atoms with Crippen LogP contribution < -0.4 is 4.74 Å². The van der Waals surface area contributed by atoms with Gasteiger partial charge in [-0.2, -0.15) is 0 Å².